The Morgan fingerprint density at radius 3 is 2.17 bits per heavy atom. The molecule has 0 saturated heterocycles. The van der Waals surface area contributed by atoms with Gasteiger partial charge in [-0.1, -0.05) is 60.7 Å². The van der Waals surface area contributed by atoms with Gasteiger partial charge in [0.1, 0.15) is 5.69 Å². The second-order valence-corrected chi connectivity index (χ2v) is 5.27. The molecule has 4 heteroatoms. The van der Waals surface area contributed by atoms with Gasteiger partial charge in [0.25, 0.3) is 5.56 Å². The molecule has 0 bridgehead atoms. The van der Waals surface area contributed by atoms with Crippen molar-refractivity contribution in [3.63, 3.8) is 0 Å². The van der Waals surface area contributed by atoms with Gasteiger partial charge in [0, 0.05) is 16.5 Å². The first-order chi connectivity index (χ1) is 11.3. The van der Waals surface area contributed by atoms with E-state index in [1.165, 1.54) is 0 Å². The second kappa shape index (κ2) is 5.50. The second-order valence-electron chi connectivity index (χ2n) is 5.27. The molecule has 0 fully saturated rings. The first-order valence-corrected chi connectivity index (χ1v) is 7.32. The summed E-state index contributed by atoms with van der Waals surface area (Å²) in [5.74, 6) is 0. The number of benzene rings is 2. The standard InChI is InChI=1S/C19H13N3O/c23-19-16(13-7-3-1-4-8-13)11-15-12-20-22-18(17(15)21-19)14-9-5-2-6-10-14/h1-12H,(H,21,23). The number of aromatic amines is 1. The predicted molar refractivity (Wildman–Crippen MR) is 91.0 cm³/mol. The molecule has 0 aliphatic rings. The van der Waals surface area contributed by atoms with E-state index in [0.717, 1.165) is 16.5 Å². The first kappa shape index (κ1) is 13.4. The molecule has 23 heavy (non-hydrogen) atoms. The van der Waals surface area contributed by atoms with Crippen LogP contribution in [-0.2, 0) is 0 Å². The fourth-order valence-corrected chi connectivity index (χ4v) is 2.67. The molecule has 0 amide bonds. The van der Waals surface area contributed by atoms with Crippen LogP contribution in [0.5, 0.6) is 0 Å². The van der Waals surface area contributed by atoms with Crippen molar-refractivity contribution in [3.05, 3.63) is 83.3 Å². The zero-order chi connectivity index (χ0) is 15.6. The highest BCUT2D eigenvalue weighted by Gasteiger charge is 2.10. The molecule has 0 unspecified atom stereocenters. The van der Waals surface area contributed by atoms with Gasteiger partial charge >= 0.3 is 0 Å². The SMILES string of the molecule is O=c1[nH]c2c(-c3ccccc3)nncc2cc1-c1ccccc1. The number of pyridine rings is 1. The van der Waals surface area contributed by atoms with Crippen molar-refractivity contribution in [3.8, 4) is 22.4 Å². The van der Waals surface area contributed by atoms with Crippen molar-refractivity contribution in [2.45, 2.75) is 0 Å². The molecule has 110 valence electrons. The van der Waals surface area contributed by atoms with Crippen molar-refractivity contribution >= 4 is 10.9 Å². The summed E-state index contributed by atoms with van der Waals surface area (Å²) < 4.78 is 0. The average Bonchev–Trinajstić information content (AvgIpc) is 2.62. The van der Waals surface area contributed by atoms with Gasteiger partial charge in [-0.15, -0.1) is 5.10 Å². The Labute approximate surface area is 132 Å². The summed E-state index contributed by atoms with van der Waals surface area (Å²) in [5.41, 5.74) is 3.69. The van der Waals surface area contributed by atoms with Crippen LogP contribution in [0.2, 0.25) is 0 Å². The van der Waals surface area contributed by atoms with Gasteiger partial charge in [-0.05, 0) is 11.6 Å². The number of H-pyrrole nitrogens is 1. The summed E-state index contributed by atoms with van der Waals surface area (Å²) in [6, 6.07) is 21.2. The highest BCUT2D eigenvalue weighted by Crippen LogP contribution is 2.25. The number of nitrogens with one attached hydrogen (secondary N) is 1. The van der Waals surface area contributed by atoms with E-state index in [4.69, 9.17) is 0 Å². The molecule has 0 atom stereocenters. The van der Waals surface area contributed by atoms with E-state index in [1.54, 1.807) is 6.20 Å². The van der Waals surface area contributed by atoms with E-state index in [9.17, 15) is 4.79 Å². The molecule has 4 rings (SSSR count). The molecular formula is C19H13N3O. The summed E-state index contributed by atoms with van der Waals surface area (Å²) in [6.45, 7) is 0. The minimum Gasteiger partial charge on any atom is -0.319 e. The Hall–Kier alpha value is -3.27. The molecule has 4 nitrogen and oxygen atoms in total. The Bertz CT molecular complexity index is 1020. The maximum absolute atomic E-state index is 12.5. The minimum absolute atomic E-state index is 0.131. The maximum atomic E-state index is 12.5. The van der Waals surface area contributed by atoms with Gasteiger partial charge in [-0.3, -0.25) is 4.79 Å². The van der Waals surface area contributed by atoms with Crippen molar-refractivity contribution in [1.29, 1.82) is 0 Å². The Morgan fingerprint density at radius 2 is 1.48 bits per heavy atom. The van der Waals surface area contributed by atoms with Crippen molar-refractivity contribution in [2.24, 2.45) is 0 Å². The van der Waals surface area contributed by atoms with Crippen LogP contribution in [-0.4, -0.2) is 15.2 Å². The third-order valence-electron chi connectivity index (χ3n) is 3.80. The quantitative estimate of drug-likeness (QED) is 0.614. The molecule has 0 aliphatic heterocycles. The summed E-state index contributed by atoms with van der Waals surface area (Å²) in [4.78, 5) is 15.5. The van der Waals surface area contributed by atoms with Gasteiger partial charge in [0.2, 0.25) is 0 Å². The van der Waals surface area contributed by atoms with Crippen molar-refractivity contribution < 1.29 is 0 Å². The summed E-state index contributed by atoms with van der Waals surface area (Å²) >= 11 is 0. The Kier molecular flexibility index (Phi) is 3.20. The number of rotatable bonds is 2. The molecule has 2 heterocycles. The van der Waals surface area contributed by atoms with E-state index in [-0.39, 0.29) is 5.56 Å². The number of hydrogen-bond acceptors (Lipinski definition) is 3. The zero-order valence-corrected chi connectivity index (χ0v) is 12.2. The number of fused-ring (bicyclic) bond motifs is 1. The molecule has 2 aromatic carbocycles. The lowest BCUT2D eigenvalue weighted by Crippen LogP contribution is -2.10. The van der Waals surface area contributed by atoms with E-state index in [1.807, 2.05) is 66.7 Å². The van der Waals surface area contributed by atoms with Crippen LogP contribution in [0, 0.1) is 0 Å². The number of hydrogen-bond donors (Lipinski definition) is 1. The van der Waals surface area contributed by atoms with Crippen LogP contribution in [0.25, 0.3) is 33.3 Å². The molecule has 0 spiro atoms. The third-order valence-corrected chi connectivity index (χ3v) is 3.80. The molecule has 0 radical (unpaired) electrons. The fraction of sp³-hybridized carbons (Fsp3) is 0. The van der Waals surface area contributed by atoms with Crippen LogP contribution in [0.3, 0.4) is 0 Å². The topological polar surface area (TPSA) is 58.6 Å². The fourth-order valence-electron chi connectivity index (χ4n) is 2.67. The van der Waals surface area contributed by atoms with Crippen LogP contribution >= 0.6 is 0 Å². The lowest BCUT2D eigenvalue weighted by Gasteiger charge is -2.07. The monoisotopic (exact) mass is 299 g/mol. The van der Waals surface area contributed by atoms with Gasteiger partial charge in [-0.25, -0.2) is 0 Å². The van der Waals surface area contributed by atoms with Gasteiger partial charge in [0.15, 0.2) is 0 Å². The van der Waals surface area contributed by atoms with Crippen LogP contribution in [0.15, 0.2) is 77.7 Å². The van der Waals surface area contributed by atoms with Crippen molar-refractivity contribution in [2.75, 3.05) is 0 Å². The van der Waals surface area contributed by atoms with Gasteiger partial charge in [0.05, 0.1) is 11.7 Å². The molecular weight excluding hydrogens is 286 g/mol. The molecule has 4 aromatic rings. The minimum atomic E-state index is -0.131. The maximum Gasteiger partial charge on any atom is 0.256 e. The van der Waals surface area contributed by atoms with E-state index < -0.39 is 0 Å². The van der Waals surface area contributed by atoms with E-state index in [0.29, 0.717) is 16.8 Å². The summed E-state index contributed by atoms with van der Waals surface area (Å²) in [5, 5.41) is 9.14. The van der Waals surface area contributed by atoms with Crippen LogP contribution in [0.1, 0.15) is 0 Å². The van der Waals surface area contributed by atoms with E-state index in [2.05, 4.69) is 15.2 Å². The largest absolute Gasteiger partial charge is 0.319 e. The lowest BCUT2D eigenvalue weighted by atomic mass is 10.0. The molecule has 1 N–H and O–H groups in total. The van der Waals surface area contributed by atoms with E-state index >= 15 is 0 Å². The van der Waals surface area contributed by atoms with Crippen molar-refractivity contribution in [1.82, 2.24) is 15.2 Å². The van der Waals surface area contributed by atoms with Crippen LogP contribution < -0.4 is 5.56 Å². The Morgan fingerprint density at radius 1 is 0.826 bits per heavy atom. The summed E-state index contributed by atoms with van der Waals surface area (Å²) in [6.07, 6.45) is 1.67. The van der Waals surface area contributed by atoms with Gasteiger partial charge < -0.3 is 4.98 Å². The average molecular weight is 299 g/mol. The Balaban J connectivity index is 1.98. The first-order valence-electron chi connectivity index (χ1n) is 7.32. The molecule has 0 saturated carbocycles. The van der Waals surface area contributed by atoms with Crippen LogP contribution in [0.4, 0.5) is 0 Å². The summed E-state index contributed by atoms with van der Waals surface area (Å²) in [7, 11) is 0. The molecule has 2 aromatic heterocycles. The third kappa shape index (κ3) is 2.40. The number of aromatic nitrogens is 3. The normalized spacial score (nSPS) is 10.8. The predicted octanol–water partition coefficient (Wildman–Crippen LogP) is 3.65. The molecule has 0 aliphatic carbocycles. The zero-order valence-electron chi connectivity index (χ0n) is 12.2. The lowest BCUT2D eigenvalue weighted by molar-refractivity contribution is 1.05. The number of nitrogens with zero attached hydrogens (tertiary/aromatic N) is 2. The highest BCUT2D eigenvalue weighted by molar-refractivity contribution is 5.92. The smallest absolute Gasteiger partial charge is 0.256 e. The van der Waals surface area contributed by atoms with Gasteiger partial charge in [-0.2, -0.15) is 5.10 Å². The highest BCUT2D eigenvalue weighted by atomic mass is 16.1.